The molecule has 1 aliphatic carbocycles. The van der Waals surface area contributed by atoms with Crippen molar-refractivity contribution >= 4 is 117 Å². The molecule has 45 heavy (non-hydrogen) atoms. The molecule has 4 nitrogen and oxygen atoms in total. The van der Waals surface area contributed by atoms with Gasteiger partial charge >= 0.3 is 0 Å². The van der Waals surface area contributed by atoms with Gasteiger partial charge in [0.1, 0.15) is 17.3 Å². The number of hydrogen-bond acceptors (Lipinski definition) is 4. The van der Waals surface area contributed by atoms with Gasteiger partial charge in [-0.15, -0.1) is 50.5 Å². The summed E-state index contributed by atoms with van der Waals surface area (Å²) in [6, 6.07) is 14.1. The van der Waals surface area contributed by atoms with Crippen LogP contribution in [-0.4, -0.2) is 66.4 Å². The van der Waals surface area contributed by atoms with Crippen LogP contribution < -0.4 is 10.6 Å². The Morgan fingerprint density at radius 3 is 1.36 bits per heavy atom. The van der Waals surface area contributed by atoms with E-state index in [0.29, 0.717) is 30.4 Å². The zero-order valence-corrected chi connectivity index (χ0v) is 33.0. The van der Waals surface area contributed by atoms with E-state index in [1.54, 1.807) is 0 Å². The molecule has 0 fully saturated rings. The summed E-state index contributed by atoms with van der Waals surface area (Å²) in [6.07, 6.45) is 8.95. The number of unbranched alkanes of at least 4 members (excludes halogenated alkanes) is 4. The summed E-state index contributed by atoms with van der Waals surface area (Å²) in [5, 5.41) is 6.19. The number of benzene rings is 2. The predicted molar refractivity (Wildman–Crippen MR) is 225 cm³/mol. The van der Waals surface area contributed by atoms with E-state index in [0.717, 1.165) is 77.5 Å². The lowest BCUT2D eigenvalue weighted by molar-refractivity contribution is 0.372. The van der Waals surface area contributed by atoms with Crippen molar-refractivity contribution < 1.29 is 0 Å². The Hall–Kier alpha value is -0.600. The van der Waals surface area contributed by atoms with Crippen molar-refractivity contribution in [3.63, 3.8) is 0 Å². The second-order valence-corrected chi connectivity index (χ2v) is 16.3. The Labute approximate surface area is 314 Å². The normalized spacial score (nSPS) is 12.7. The SMILES string of the molecule is Cc1ccc2c(c1)C(CCCCCN(CCNC(=S)S)C(=S)S)(CCCCCN(CCNC(=S)S)C(=S)S)c1cc(C)ccc1-2. The van der Waals surface area contributed by atoms with Crippen molar-refractivity contribution in [3.8, 4) is 11.1 Å². The van der Waals surface area contributed by atoms with E-state index in [2.05, 4.69) is 121 Å². The first kappa shape index (κ1) is 38.8. The first-order chi connectivity index (χ1) is 21.4. The van der Waals surface area contributed by atoms with Crippen LogP contribution in [-0.2, 0) is 5.41 Å². The van der Waals surface area contributed by atoms with Gasteiger partial charge in [0.2, 0.25) is 0 Å². The molecule has 0 saturated heterocycles. The maximum Gasteiger partial charge on any atom is 0.133 e. The molecule has 0 spiro atoms. The molecule has 0 amide bonds. The van der Waals surface area contributed by atoms with E-state index in [1.807, 2.05) is 0 Å². The Kier molecular flexibility index (Phi) is 16.8. The summed E-state index contributed by atoms with van der Waals surface area (Å²) < 4.78 is 2.26. The maximum absolute atomic E-state index is 5.41. The number of aryl methyl sites for hydroxylation is 2. The van der Waals surface area contributed by atoms with Crippen molar-refractivity contribution in [3.05, 3.63) is 58.7 Å². The molecular formula is C33H46N4S8. The van der Waals surface area contributed by atoms with Crippen LogP contribution in [0, 0.1) is 13.8 Å². The van der Waals surface area contributed by atoms with E-state index in [9.17, 15) is 0 Å². The number of thiol groups is 4. The highest BCUT2D eigenvalue weighted by Gasteiger charge is 2.42. The van der Waals surface area contributed by atoms with Gasteiger partial charge in [-0.25, -0.2) is 0 Å². The number of hydrogen-bond donors (Lipinski definition) is 6. The Bertz CT molecular complexity index is 1250. The molecule has 2 aromatic carbocycles. The maximum atomic E-state index is 5.41. The first-order valence-electron chi connectivity index (χ1n) is 15.6. The predicted octanol–water partition coefficient (Wildman–Crippen LogP) is 8.33. The number of rotatable bonds is 18. The Morgan fingerprint density at radius 1 is 0.600 bits per heavy atom. The zero-order valence-electron chi connectivity index (χ0n) is 26.2. The van der Waals surface area contributed by atoms with Crippen LogP contribution in [0.5, 0.6) is 0 Å². The third-order valence-corrected chi connectivity index (χ3v) is 10.3. The van der Waals surface area contributed by atoms with E-state index < -0.39 is 0 Å². The first-order valence-corrected chi connectivity index (χ1v) is 19.0. The highest BCUT2D eigenvalue weighted by Crippen LogP contribution is 2.54. The number of thiocarbonyl (C=S) groups is 4. The fourth-order valence-corrected chi connectivity index (χ4v) is 7.59. The quantitative estimate of drug-likeness (QED) is 0.0515. The van der Waals surface area contributed by atoms with E-state index in [4.69, 9.17) is 48.9 Å². The average molecular weight is 755 g/mol. The molecule has 2 aromatic rings. The van der Waals surface area contributed by atoms with Crippen LogP contribution in [0.1, 0.15) is 73.6 Å². The van der Waals surface area contributed by atoms with Gasteiger partial charge in [-0.3, -0.25) is 0 Å². The molecule has 0 unspecified atom stereocenters. The second kappa shape index (κ2) is 19.4. The largest absolute Gasteiger partial charge is 0.369 e. The van der Waals surface area contributed by atoms with Crippen LogP contribution >= 0.6 is 99.4 Å². The molecule has 0 atom stereocenters. The molecule has 12 heteroatoms. The lowest BCUT2D eigenvalue weighted by Crippen LogP contribution is -2.35. The standard InChI is InChI=1S/C33H46N4S8/c1-23-9-11-25-26-12-10-24(2)22-28(26)33(27(25)21-23,13-5-3-7-17-36(31(42)43)19-15-34-29(38)39)14-6-4-8-18-37(32(44)45)20-16-35-30(40)41/h9-12,21-22H,3-8,13-20H2,1-2H3,(H,42,43)(H,44,45)(H2,34,38,39)(H2,35,40,41). The molecule has 2 N–H and O–H groups in total. The van der Waals surface area contributed by atoms with Gasteiger partial charge in [0.25, 0.3) is 0 Å². The summed E-state index contributed by atoms with van der Waals surface area (Å²) in [7, 11) is 0. The molecule has 246 valence electrons. The van der Waals surface area contributed by atoms with Gasteiger partial charge in [0.05, 0.1) is 0 Å². The zero-order chi connectivity index (χ0) is 33.0. The van der Waals surface area contributed by atoms with Gasteiger partial charge in [-0.2, -0.15) is 0 Å². The summed E-state index contributed by atoms with van der Waals surface area (Å²) in [5.41, 5.74) is 8.46. The highest BCUT2D eigenvalue weighted by molar-refractivity contribution is 8.11. The Balaban J connectivity index is 1.71. The van der Waals surface area contributed by atoms with E-state index in [1.165, 1.54) is 33.4 Å². The fraction of sp³-hybridized carbons (Fsp3) is 0.515. The lowest BCUT2D eigenvalue weighted by Gasteiger charge is -2.33. The van der Waals surface area contributed by atoms with Gasteiger partial charge in [-0.1, -0.05) is 122 Å². The number of fused-ring (bicyclic) bond motifs is 3. The minimum atomic E-state index is 0.0120. The van der Waals surface area contributed by atoms with Gasteiger partial charge in [0, 0.05) is 44.7 Å². The summed E-state index contributed by atoms with van der Waals surface area (Å²) >= 11 is 38.1. The topological polar surface area (TPSA) is 30.5 Å². The van der Waals surface area contributed by atoms with Crippen molar-refractivity contribution in [1.82, 2.24) is 20.4 Å². The molecule has 0 saturated carbocycles. The minimum Gasteiger partial charge on any atom is -0.369 e. The van der Waals surface area contributed by atoms with Gasteiger partial charge in [0.15, 0.2) is 0 Å². The van der Waals surface area contributed by atoms with Crippen molar-refractivity contribution in [2.45, 2.75) is 70.6 Å². The smallest absolute Gasteiger partial charge is 0.133 e. The average Bonchev–Trinajstić information content (AvgIpc) is 3.22. The van der Waals surface area contributed by atoms with Crippen LogP contribution in [0.25, 0.3) is 11.1 Å². The molecule has 3 rings (SSSR count). The van der Waals surface area contributed by atoms with Crippen LogP contribution in [0.15, 0.2) is 36.4 Å². The van der Waals surface area contributed by atoms with Gasteiger partial charge < -0.3 is 20.4 Å². The summed E-state index contributed by atoms with van der Waals surface area (Å²) in [5.74, 6) is 0. The van der Waals surface area contributed by atoms with Crippen molar-refractivity contribution in [2.75, 3.05) is 39.3 Å². The third kappa shape index (κ3) is 11.8. The van der Waals surface area contributed by atoms with Crippen LogP contribution in [0.4, 0.5) is 0 Å². The van der Waals surface area contributed by atoms with Crippen molar-refractivity contribution in [1.29, 1.82) is 0 Å². The fourth-order valence-electron chi connectivity index (χ4n) is 6.40. The van der Waals surface area contributed by atoms with Crippen LogP contribution in [0.2, 0.25) is 0 Å². The molecule has 0 aromatic heterocycles. The number of nitrogens with one attached hydrogen (secondary N) is 2. The molecule has 1 aliphatic rings. The third-order valence-electron chi connectivity index (χ3n) is 8.59. The minimum absolute atomic E-state index is 0.0120. The summed E-state index contributed by atoms with van der Waals surface area (Å²) in [6.45, 7) is 9.15. The van der Waals surface area contributed by atoms with E-state index >= 15 is 0 Å². The highest BCUT2D eigenvalue weighted by atomic mass is 32.1. The Morgan fingerprint density at radius 2 is 1.00 bits per heavy atom. The van der Waals surface area contributed by atoms with E-state index in [-0.39, 0.29) is 5.41 Å². The molecule has 0 bridgehead atoms. The van der Waals surface area contributed by atoms with Gasteiger partial charge in [-0.05, 0) is 61.8 Å². The summed E-state index contributed by atoms with van der Waals surface area (Å²) in [4.78, 5) is 4.28. The van der Waals surface area contributed by atoms with Crippen molar-refractivity contribution in [2.24, 2.45) is 0 Å². The molecular weight excluding hydrogens is 709 g/mol. The molecule has 0 heterocycles. The van der Waals surface area contributed by atoms with Crippen LogP contribution in [0.3, 0.4) is 0 Å². The molecule has 0 radical (unpaired) electrons. The number of nitrogens with zero attached hydrogens (tertiary/aromatic N) is 2. The monoisotopic (exact) mass is 754 g/mol. The second-order valence-electron chi connectivity index (χ2n) is 11.8. The lowest BCUT2D eigenvalue weighted by atomic mass is 9.70. The molecule has 0 aliphatic heterocycles.